The SMILES string of the molecule is COc1cc(CC2CC(=O)CCN2S(=O)(=O)c2ccc(OC(F)(F)F)cc2)nc2ccccc12. The average Bonchev–Trinajstić information content (AvgIpc) is 2.77. The Balaban J connectivity index is 1.63. The van der Waals surface area contributed by atoms with E-state index < -0.39 is 28.2 Å². The smallest absolute Gasteiger partial charge is 0.496 e. The Hall–Kier alpha value is -3.18. The highest BCUT2D eigenvalue weighted by atomic mass is 32.2. The molecule has 2 heterocycles. The second kappa shape index (κ2) is 9.22. The third-order valence-electron chi connectivity index (χ3n) is 5.54. The van der Waals surface area contributed by atoms with Crippen LogP contribution in [-0.2, 0) is 21.2 Å². The minimum atomic E-state index is -4.88. The van der Waals surface area contributed by atoms with Gasteiger partial charge in [0.05, 0.1) is 17.5 Å². The first-order valence-corrected chi connectivity index (χ1v) is 11.8. The van der Waals surface area contributed by atoms with Crippen LogP contribution in [0.1, 0.15) is 18.5 Å². The second-order valence-corrected chi connectivity index (χ2v) is 9.71. The van der Waals surface area contributed by atoms with Gasteiger partial charge >= 0.3 is 6.36 Å². The summed E-state index contributed by atoms with van der Waals surface area (Å²) in [6.07, 6.45) is -4.65. The van der Waals surface area contributed by atoms with Crippen molar-refractivity contribution in [1.82, 2.24) is 9.29 Å². The molecule has 1 saturated heterocycles. The summed E-state index contributed by atoms with van der Waals surface area (Å²) in [5.74, 6) is -0.0141. The number of pyridine rings is 1. The summed E-state index contributed by atoms with van der Waals surface area (Å²) in [6, 6.07) is 12.4. The van der Waals surface area contributed by atoms with E-state index >= 15 is 0 Å². The second-order valence-electron chi connectivity index (χ2n) is 7.82. The third-order valence-corrected chi connectivity index (χ3v) is 7.51. The van der Waals surface area contributed by atoms with Crippen LogP contribution in [0.3, 0.4) is 0 Å². The van der Waals surface area contributed by atoms with Crippen LogP contribution in [0.25, 0.3) is 10.9 Å². The van der Waals surface area contributed by atoms with Gasteiger partial charge in [0.2, 0.25) is 10.0 Å². The van der Waals surface area contributed by atoms with Gasteiger partial charge in [0.15, 0.2) is 0 Å². The summed E-state index contributed by atoms with van der Waals surface area (Å²) < 4.78 is 74.4. The van der Waals surface area contributed by atoms with Crippen LogP contribution in [0, 0.1) is 0 Å². The van der Waals surface area contributed by atoms with Gasteiger partial charge < -0.3 is 9.47 Å². The molecule has 0 spiro atoms. The van der Waals surface area contributed by atoms with E-state index in [0.29, 0.717) is 17.0 Å². The van der Waals surface area contributed by atoms with E-state index in [1.165, 1.54) is 11.4 Å². The number of piperidine rings is 1. The molecule has 1 aliphatic heterocycles. The predicted octanol–water partition coefficient (Wildman–Crippen LogP) is 4.11. The molecule has 0 amide bonds. The van der Waals surface area contributed by atoms with Crippen LogP contribution >= 0.6 is 0 Å². The predicted molar refractivity (Wildman–Crippen MR) is 117 cm³/mol. The molecule has 2 aromatic carbocycles. The van der Waals surface area contributed by atoms with E-state index in [1.807, 2.05) is 24.3 Å². The van der Waals surface area contributed by atoms with Crippen LogP contribution < -0.4 is 9.47 Å². The van der Waals surface area contributed by atoms with Gasteiger partial charge in [0.1, 0.15) is 17.3 Å². The van der Waals surface area contributed by atoms with Crippen LogP contribution in [-0.4, -0.2) is 49.5 Å². The highest BCUT2D eigenvalue weighted by Gasteiger charge is 2.37. The number of nitrogens with zero attached hydrogens (tertiary/aromatic N) is 2. The number of alkyl halides is 3. The van der Waals surface area contributed by atoms with E-state index in [4.69, 9.17) is 4.74 Å². The van der Waals surface area contributed by atoms with Gasteiger partial charge in [-0.25, -0.2) is 8.42 Å². The molecule has 0 radical (unpaired) electrons. The van der Waals surface area contributed by atoms with Crippen LogP contribution in [0.5, 0.6) is 11.5 Å². The van der Waals surface area contributed by atoms with Gasteiger partial charge in [-0.15, -0.1) is 13.2 Å². The highest BCUT2D eigenvalue weighted by molar-refractivity contribution is 7.89. The van der Waals surface area contributed by atoms with Crippen molar-refractivity contribution in [2.24, 2.45) is 0 Å². The maximum atomic E-state index is 13.3. The Morgan fingerprint density at radius 3 is 2.50 bits per heavy atom. The number of halogens is 3. The maximum absolute atomic E-state index is 13.3. The molecular weight excluding hydrogens is 473 g/mol. The zero-order valence-corrected chi connectivity index (χ0v) is 18.9. The first-order valence-electron chi connectivity index (χ1n) is 10.4. The van der Waals surface area contributed by atoms with Gasteiger partial charge in [0, 0.05) is 49.0 Å². The average molecular weight is 494 g/mol. The number of hydrogen-bond donors (Lipinski definition) is 0. The molecule has 0 saturated carbocycles. The fourth-order valence-corrected chi connectivity index (χ4v) is 5.66. The first-order chi connectivity index (χ1) is 16.1. The lowest BCUT2D eigenvalue weighted by atomic mass is 9.98. The number of rotatable bonds is 6. The Morgan fingerprint density at radius 1 is 1.12 bits per heavy atom. The summed E-state index contributed by atoms with van der Waals surface area (Å²) in [4.78, 5) is 16.6. The highest BCUT2D eigenvalue weighted by Crippen LogP contribution is 2.31. The van der Waals surface area contributed by atoms with Crippen molar-refractivity contribution in [2.45, 2.75) is 36.6 Å². The van der Waals surface area contributed by atoms with Crippen molar-refractivity contribution >= 4 is 26.7 Å². The van der Waals surface area contributed by atoms with E-state index in [1.54, 1.807) is 6.07 Å². The molecule has 180 valence electrons. The lowest BCUT2D eigenvalue weighted by Crippen LogP contribution is -2.47. The minimum absolute atomic E-state index is 0.00528. The maximum Gasteiger partial charge on any atom is 0.573 e. The molecule has 0 N–H and O–H groups in total. The monoisotopic (exact) mass is 494 g/mol. The Kier molecular flexibility index (Phi) is 6.50. The fraction of sp³-hybridized carbons (Fsp3) is 0.304. The number of ether oxygens (including phenoxy) is 2. The van der Waals surface area contributed by atoms with Gasteiger partial charge in [-0.3, -0.25) is 9.78 Å². The fourth-order valence-electron chi connectivity index (χ4n) is 4.03. The van der Waals surface area contributed by atoms with Crippen molar-refractivity contribution in [1.29, 1.82) is 0 Å². The molecular formula is C23H21F3N2O5S. The number of aromatic nitrogens is 1. The summed E-state index contributed by atoms with van der Waals surface area (Å²) >= 11 is 0. The Labute approximate surface area is 194 Å². The first kappa shape index (κ1) is 24.0. The number of Topliss-reactive ketones (excluding diaryl/α,β-unsaturated/α-hetero) is 1. The van der Waals surface area contributed by atoms with E-state index in [2.05, 4.69) is 9.72 Å². The third kappa shape index (κ3) is 5.15. The van der Waals surface area contributed by atoms with Crippen molar-refractivity contribution in [3.05, 3.63) is 60.3 Å². The van der Waals surface area contributed by atoms with Gasteiger partial charge in [-0.2, -0.15) is 4.31 Å². The summed E-state index contributed by atoms with van der Waals surface area (Å²) in [5, 5.41) is 0.805. The number of methoxy groups -OCH3 is 1. The number of sulfonamides is 1. The number of para-hydroxylation sites is 1. The van der Waals surface area contributed by atoms with Crippen molar-refractivity contribution < 1.29 is 35.9 Å². The van der Waals surface area contributed by atoms with E-state index in [9.17, 15) is 26.4 Å². The molecule has 7 nitrogen and oxygen atoms in total. The lowest BCUT2D eigenvalue weighted by Gasteiger charge is -2.34. The van der Waals surface area contributed by atoms with Crippen molar-refractivity contribution in [3.63, 3.8) is 0 Å². The largest absolute Gasteiger partial charge is 0.573 e. The molecule has 1 aromatic heterocycles. The topological polar surface area (TPSA) is 85.8 Å². The molecule has 34 heavy (non-hydrogen) atoms. The number of fused-ring (bicyclic) bond motifs is 1. The van der Waals surface area contributed by atoms with E-state index in [0.717, 1.165) is 29.7 Å². The van der Waals surface area contributed by atoms with Gasteiger partial charge in [-0.05, 0) is 36.4 Å². The van der Waals surface area contributed by atoms with E-state index in [-0.39, 0.29) is 36.5 Å². The van der Waals surface area contributed by atoms with Crippen LogP contribution in [0.2, 0.25) is 0 Å². The van der Waals surface area contributed by atoms with Crippen LogP contribution in [0.4, 0.5) is 13.2 Å². The van der Waals surface area contributed by atoms with Gasteiger partial charge in [0.25, 0.3) is 0 Å². The summed E-state index contributed by atoms with van der Waals surface area (Å²) in [5.41, 5.74) is 1.23. The Morgan fingerprint density at radius 2 is 1.82 bits per heavy atom. The standard InChI is InChI=1S/C23H21F3N2O5S/c1-32-22-13-15(27-21-5-3-2-4-20(21)22)12-16-14-17(29)10-11-28(16)34(30,31)19-8-6-18(7-9-19)33-23(24,25)26/h2-9,13,16H,10-12,14H2,1H3. The lowest BCUT2D eigenvalue weighted by molar-refractivity contribution is -0.274. The van der Waals surface area contributed by atoms with Crippen molar-refractivity contribution in [2.75, 3.05) is 13.7 Å². The summed E-state index contributed by atoms with van der Waals surface area (Å²) in [6.45, 7) is -0.0304. The van der Waals surface area contributed by atoms with Crippen LogP contribution in [0.15, 0.2) is 59.5 Å². The molecule has 3 aromatic rings. The number of benzene rings is 2. The zero-order chi connectivity index (χ0) is 24.5. The number of ketones is 1. The number of hydrogen-bond acceptors (Lipinski definition) is 6. The molecule has 4 rings (SSSR count). The van der Waals surface area contributed by atoms with Crippen molar-refractivity contribution in [3.8, 4) is 11.5 Å². The normalized spacial score (nSPS) is 17.6. The number of carbonyl (C=O) groups is 1. The molecule has 11 heteroatoms. The quantitative estimate of drug-likeness (QED) is 0.513. The Bertz CT molecular complexity index is 1310. The molecule has 1 unspecified atom stereocenters. The molecule has 1 fully saturated rings. The molecule has 1 aliphatic rings. The minimum Gasteiger partial charge on any atom is -0.496 e. The number of carbonyl (C=O) groups excluding carboxylic acids is 1. The van der Waals surface area contributed by atoms with Gasteiger partial charge in [-0.1, -0.05) is 12.1 Å². The summed E-state index contributed by atoms with van der Waals surface area (Å²) in [7, 11) is -2.56. The zero-order valence-electron chi connectivity index (χ0n) is 18.1. The molecule has 0 bridgehead atoms. The molecule has 1 atom stereocenters. The molecule has 0 aliphatic carbocycles.